The average Bonchev–Trinajstić information content (AvgIpc) is 2.56. The van der Waals surface area contributed by atoms with Crippen molar-refractivity contribution in [1.82, 2.24) is 14.5 Å². The van der Waals surface area contributed by atoms with Gasteiger partial charge < -0.3 is 9.47 Å². The number of carbonyl (C=O) groups excluding carboxylic acids is 1. The van der Waals surface area contributed by atoms with Crippen LogP contribution in [0.15, 0.2) is 18.2 Å². The van der Waals surface area contributed by atoms with Gasteiger partial charge in [0, 0.05) is 26.0 Å². The first kappa shape index (κ1) is 11.9. The Balaban J connectivity index is 2.42. The predicted molar refractivity (Wildman–Crippen MR) is 67.9 cm³/mol. The maximum absolute atomic E-state index is 11.2. The fourth-order valence-corrected chi connectivity index (χ4v) is 1.84. The molecule has 4 nitrogen and oxygen atoms in total. The van der Waals surface area contributed by atoms with Crippen LogP contribution >= 0.6 is 11.6 Å². The van der Waals surface area contributed by atoms with E-state index in [2.05, 4.69) is 4.98 Å². The summed E-state index contributed by atoms with van der Waals surface area (Å²) in [5.41, 5.74) is 1.87. The predicted octanol–water partition coefficient (Wildman–Crippen LogP) is 2.21. The van der Waals surface area contributed by atoms with Crippen LogP contribution in [-0.4, -0.2) is 27.4 Å². The zero-order chi connectivity index (χ0) is 12.6. The first-order valence-corrected chi connectivity index (χ1v) is 5.69. The number of benzene rings is 1. The summed E-state index contributed by atoms with van der Waals surface area (Å²) in [7, 11) is 3.68. The maximum atomic E-state index is 11.2. The SMILES string of the molecule is CC(=O)N(C)Cc1nc2ccc(Cl)cc2n1C. The number of aryl methyl sites for hydroxylation is 1. The minimum atomic E-state index is 0.0232. The molecule has 17 heavy (non-hydrogen) atoms. The van der Waals surface area contributed by atoms with E-state index in [1.54, 1.807) is 18.9 Å². The van der Waals surface area contributed by atoms with Gasteiger partial charge in [0.1, 0.15) is 5.82 Å². The number of amides is 1. The lowest BCUT2D eigenvalue weighted by Gasteiger charge is -2.13. The largest absolute Gasteiger partial charge is 0.339 e. The molecule has 0 fully saturated rings. The molecule has 2 aromatic rings. The maximum Gasteiger partial charge on any atom is 0.219 e. The van der Waals surface area contributed by atoms with Gasteiger partial charge >= 0.3 is 0 Å². The second kappa shape index (κ2) is 4.37. The number of aromatic nitrogens is 2. The second-order valence-electron chi connectivity index (χ2n) is 4.10. The summed E-state index contributed by atoms with van der Waals surface area (Å²) in [6, 6.07) is 5.57. The van der Waals surface area contributed by atoms with Crippen LogP contribution in [0.4, 0.5) is 0 Å². The van der Waals surface area contributed by atoms with E-state index in [1.165, 1.54) is 0 Å². The molecule has 90 valence electrons. The molecule has 1 amide bonds. The van der Waals surface area contributed by atoms with Crippen molar-refractivity contribution in [3.8, 4) is 0 Å². The third kappa shape index (κ3) is 2.26. The van der Waals surface area contributed by atoms with Gasteiger partial charge in [0.15, 0.2) is 0 Å². The highest BCUT2D eigenvalue weighted by Crippen LogP contribution is 2.20. The normalized spacial score (nSPS) is 10.8. The topological polar surface area (TPSA) is 38.1 Å². The Kier molecular flexibility index (Phi) is 3.07. The molecule has 0 aliphatic rings. The molecule has 0 bridgehead atoms. The summed E-state index contributed by atoms with van der Waals surface area (Å²) in [5, 5.41) is 0.687. The van der Waals surface area contributed by atoms with E-state index in [-0.39, 0.29) is 5.91 Å². The number of imidazole rings is 1. The highest BCUT2D eigenvalue weighted by molar-refractivity contribution is 6.31. The molecule has 0 atom stereocenters. The molecule has 0 N–H and O–H groups in total. The summed E-state index contributed by atoms with van der Waals surface area (Å²) in [6.45, 7) is 2.04. The second-order valence-corrected chi connectivity index (χ2v) is 4.53. The monoisotopic (exact) mass is 251 g/mol. The standard InChI is InChI=1S/C12H14ClN3O/c1-8(17)15(2)7-12-14-10-5-4-9(13)6-11(10)16(12)3/h4-6H,7H2,1-3H3. The van der Waals surface area contributed by atoms with Gasteiger partial charge in [0.25, 0.3) is 0 Å². The van der Waals surface area contributed by atoms with Crippen molar-refractivity contribution in [3.05, 3.63) is 29.0 Å². The van der Waals surface area contributed by atoms with E-state index < -0.39 is 0 Å². The van der Waals surface area contributed by atoms with E-state index >= 15 is 0 Å². The van der Waals surface area contributed by atoms with Gasteiger partial charge in [-0.1, -0.05) is 11.6 Å². The highest BCUT2D eigenvalue weighted by Gasteiger charge is 2.11. The van der Waals surface area contributed by atoms with Crippen LogP contribution in [0.5, 0.6) is 0 Å². The highest BCUT2D eigenvalue weighted by atomic mass is 35.5. The first-order valence-electron chi connectivity index (χ1n) is 5.31. The Labute approximate surface area is 105 Å². The summed E-state index contributed by atoms with van der Waals surface area (Å²) in [5.74, 6) is 0.870. The van der Waals surface area contributed by atoms with Crippen molar-refractivity contribution in [2.24, 2.45) is 7.05 Å². The zero-order valence-corrected chi connectivity index (χ0v) is 10.8. The molecule has 0 saturated carbocycles. The van der Waals surface area contributed by atoms with Gasteiger partial charge in [-0.25, -0.2) is 4.98 Å². The molecule has 5 heteroatoms. The smallest absolute Gasteiger partial charge is 0.219 e. The Hall–Kier alpha value is -1.55. The quantitative estimate of drug-likeness (QED) is 0.821. The third-order valence-corrected chi connectivity index (χ3v) is 3.09. The van der Waals surface area contributed by atoms with E-state index in [0.717, 1.165) is 16.9 Å². The first-order chi connectivity index (χ1) is 7.99. The van der Waals surface area contributed by atoms with Crippen LogP contribution < -0.4 is 0 Å². The van der Waals surface area contributed by atoms with Crippen molar-refractivity contribution in [3.63, 3.8) is 0 Å². The molecule has 0 aliphatic heterocycles. The molecule has 0 unspecified atom stereocenters. The van der Waals surface area contributed by atoms with E-state index in [0.29, 0.717) is 11.6 Å². The molecule has 1 heterocycles. The number of rotatable bonds is 2. The lowest BCUT2D eigenvalue weighted by atomic mass is 10.3. The summed E-state index contributed by atoms with van der Waals surface area (Å²) in [4.78, 5) is 17.3. The van der Waals surface area contributed by atoms with Gasteiger partial charge in [-0.15, -0.1) is 0 Å². The van der Waals surface area contributed by atoms with Gasteiger partial charge in [-0.2, -0.15) is 0 Å². The van der Waals surface area contributed by atoms with Gasteiger partial charge in [0.2, 0.25) is 5.91 Å². The van der Waals surface area contributed by atoms with Crippen LogP contribution in [0.25, 0.3) is 11.0 Å². The van der Waals surface area contributed by atoms with Crippen molar-refractivity contribution >= 4 is 28.5 Å². The molecule has 2 rings (SSSR count). The minimum absolute atomic E-state index is 0.0232. The Bertz CT molecular complexity index is 576. The Morgan fingerprint density at radius 3 is 2.88 bits per heavy atom. The van der Waals surface area contributed by atoms with Crippen molar-refractivity contribution in [2.75, 3.05) is 7.05 Å². The van der Waals surface area contributed by atoms with Gasteiger partial charge in [-0.3, -0.25) is 4.79 Å². The van der Waals surface area contributed by atoms with E-state index in [9.17, 15) is 4.79 Å². The van der Waals surface area contributed by atoms with Crippen molar-refractivity contribution < 1.29 is 4.79 Å². The number of hydrogen-bond acceptors (Lipinski definition) is 2. The fraction of sp³-hybridized carbons (Fsp3) is 0.333. The Morgan fingerprint density at radius 2 is 2.24 bits per heavy atom. The van der Waals surface area contributed by atoms with Crippen molar-refractivity contribution in [2.45, 2.75) is 13.5 Å². The van der Waals surface area contributed by atoms with Gasteiger partial charge in [0.05, 0.1) is 17.6 Å². The molecule has 0 saturated heterocycles. The summed E-state index contributed by atoms with van der Waals surface area (Å²) < 4.78 is 1.96. The molecular formula is C12H14ClN3O. The number of carbonyl (C=O) groups is 1. The lowest BCUT2D eigenvalue weighted by Crippen LogP contribution is -2.24. The van der Waals surface area contributed by atoms with E-state index in [4.69, 9.17) is 11.6 Å². The number of fused-ring (bicyclic) bond motifs is 1. The van der Waals surface area contributed by atoms with Crippen molar-refractivity contribution in [1.29, 1.82) is 0 Å². The zero-order valence-electron chi connectivity index (χ0n) is 10.1. The molecule has 0 aliphatic carbocycles. The molecule has 0 radical (unpaired) electrons. The number of halogens is 1. The average molecular weight is 252 g/mol. The van der Waals surface area contributed by atoms with Crippen LogP contribution in [-0.2, 0) is 18.4 Å². The summed E-state index contributed by atoms with van der Waals surface area (Å²) in [6.07, 6.45) is 0. The fourth-order valence-electron chi connectivity index (χ4n) is 1.68. The lowest BCUT2D eigenvalue weighted by molar-refractivity contribution is -0.128. The molecule has 1 aromatic carbocycles. The van der Waals surface area contributed by atoms with E-state index in [1.807, 2.05) is 29.8 Å². The molecule has 1 aromatic heterocycles. The molecular weight excluding hydrogens is 238 g/mol. The molecule has 0 spiro atoms. The third-order valence-electron chi connectivity index (χ3n) is 2.85. The Morgan fingerprint density at radius 1 is 1.53 bits per heavy atom. The van der Waals surface area contributed by atoms with Crippen LogP contribution in [0.2, 0.25) is 5.02 Å². The van der Waals surface area contributed by atoms with Gasteiger partial charge in [-0.05, 0) is 18.2 Å². The minimum Gasteiger partial charge on any atom is -0.339 e. The van der Waals surface area contributed by atoms with Crippen LogP contribution in [0.1, 0.15) is 12.7 Å². The van der Waals surface area contributed by atoms with Crippen LogP contribution in [0, 0.1) is 0 Å². The number of nitrogens with zero attached hydrogens (tertiary/aromatic N) is 3. The van der Waals surface area contributed by atoms with Crippen LogP contribution in [0.3, 0.4) is 0 Å². The summed E-state index contributed by atoms with van der Waals surface area (Å²) >= 11 is 5.95. The number of hydrogen-bond donors (Lipinski definition) is 0.